The minimum atomic E-state index is -0.835. The van der Waals surface area contributed by atoms with Gasteiger partial charge in [-0.25, -0.2) is 4.79 Å². The van der Waals surface area contributed by atoms with Crippen LogP contribution in [0.1, 0.15) is 38.2 Å². The van der Waals surface area contributed by atoms with Crippen molar-refractivity contribution in [3.63, 3.8) is 0 Å². The Bertz CT molecular complexity index is 809. The molecule has 1 heterocycles. The van der Waals surface area contributed by atoms with Crippen LogP contribution < -0.4 is 4.74 Å². The summed E-state index contributed by atoms with van der Waals surface area (Å²) in [6.45, 7) is 3.11. The van der Waals surface area contributed by atoms with Crippen LogP contribution >= 0.6 is 0 Å². The van der Waals surface area contributed by atoms with E-state index in [0.717, 1.165) is 0 Å². The van der Waals surface area contributed by atoms with Crippen molar-refractivity contribution in [2.24, 2.45) is 0 Å². The van der Waals surface area contributed by atoms with E-state index in [-0.39, 0.29) is 47.9 Å². The number of nitro groups is 1. The summed E-state index contributed by atoms with van der Waals surface area (Å²) in [6.07, 6.45) is -0.364. The number of carbonyl (C=O) groups is 2. The van der Waals surface area contributed by atoms with E-state index in [1.807, 2.05) is 0 Å². The Morgan fingerprint density at radius 3 is 2.73 bits per heavy atom. The van der Waals surface area contributed by atoms with Crippen LogP contribution in [0.4, 0.5) is 5.69 Å². The number of rotatable bonds is 6. The third-order valence-corrected chi connectivity index (χ3v) is 3.85. The largest absolute Gasteiger partial charge is 0.512 e. The average Bonchev–Trinajstić information content (AvgIpc) is 2.53. The predicted molar refractivity (Wildman–Crippen MR) is 90.4 cm³/mol. The van der Waals surface area contributed by atoms with Crippen LogP contribution in [0.5, 0.6) is 5.75 Å². The molecular formula is C17H18N2O7. The topological polar surface area (TPSA) is 140 Å². The van der Waals surface area contributed by atoms with E-state index in [1.165, 1.54) is 25.1 Å². The lowest BCUT2D eigenvalue weighted by atomic mass is 9.83. The molecule has 0 fully saturated rings. The number of nitro benzene ring substituents is 1. The van der Waals surface area contributed by atoms with Crippen LogP contribution in [0.25, 0.3) is 0 Å². The van der Waals surface area contributed by atoms with Gasteiger partial charge < -0.3 is 20.0 Å². The van der Waals surface area contributed by atoms with Gasteiger partial charge in [-0.15, -0.1) is 0 Å². The first-order chi connectivity index (χ1) is 12.2. The Hall–Kier alpha value is -3.23. The molecule has 1 aromatic rings. The number of aliphatic hydroxyl groups is 1. The quantitative estimate of drug-likeness (QED) is 0.151. The highest BCUT2D eigenvalue weighted by molar-refractivity contribution is 6.00. The highest BCUT2D eigenvalue weighted by atomic mass is 16.6. The van der Waals surface area contributed by atoms with Gasteiger partial charge in [0.05, 0.1) is 23.5 Å². The molecule has 2 rings (SSSR count). The Morgan fingerprint density at radius 2 is 2.15 bits per heavy atom. The van der Waals surface area contributed by atoms with E-state index in [1.54, 1.807) is 6.92 Å². The second kappa shape index (κ2) is 7.77. The summed E-state index contributed by atoms with van der Waals surface area (Å²) in [7, 11) is 0. The highest BCUT2D eigenvalue weighted by Gasteiger charge is 2.36. The maximum Gasteiger partial charge on any atom is 0.343 e. The van der Waals surface area contributed by atoms with Crippen LogP contribution in [-0.2, 0) is 14.3 Å². The number of nitrogens with zero attached hydrogens (tertiary/aromatic N) is 1. The smallest absolute Gasteiger partial charge is 0.343 e. The van der Waals surface area contributed by atoms with Crippen LogP contribution in [0.3, 0.4) is 0 Å². The molecule has 0 saturated heterocycles. The number of hydrogen-bond donors (Lipinski definition) is 2. The van der Waals surface area contributed by atoms with E-state index < -0.39 is 22.8 Å². The number of carbonyl (C=O) groups excluding carboxylic acids is 2. The molecule has 0 aliphatic carbocycles. The SMILES string of the molecule is CCOC(=O)CC(=N)CC1/C(=C(/C)O)C(=O)Oc2ccc([N+](=O)[O-])cc21. The summed E-state index contributed by atoms with van der Waals surface area (Å²) in [5, 5.41) is 28.9. The van der Waals surface area contributed by atoms with Crippen molar-refractivity contribution in [1.82, 2.24) is 0 Å². The van der Waals surface area contributed by atoms with Gasteiger partial charge in [-0.3, -0.25) is 14.9 Å². The molecule has 26 heavy (non-hydrogen) atoms. The van der Waals surface area contributed by atoms with Crippen LogP contribution in [0.15, 0.2) is 29.5 Å². The number of non-ortho nitro benzene ring substituents is 1. The van der Waals surface area contributed by atoms with Crippen molar-refractivity contribution in [3.05, 3.63) is 45.2 Å². The molecule has 0 saturated carbocycles. The number of nitrogens with one attached hydrogen (secondary N) is 1. The number of hydrogen-bond acceptors (Lipinski definition) is 8. The van der Waals surface area contributed by atoms with Gasteiger partial charge in [0.1, 0.15) is 11.5 Å². The molecule has 1 aromatic carbocycles. The van der Waals surface area contributed by atoms with Gasteiger partial charge >= 0.3 is 11.9 Å². The molecule has 138 valence electrons. The molecule has 2 N–H and O–H groups in total. The molecular weight excluding hydrogens is 344 g/mol. The fourth-order valence-electron chi connectivity index (χ4n) is 2.78. The Morgan fingerprint density at radius 1 is 1.46 bits per heavy atom. The number of benzene rings is 1. The summed E-state index contributed by atoms with van der Waals surface area (Å²) in [5.74, 6) is -2.39. The van der Waals surface area contributed by atoms with Crippen molar-refractivity contribution in [2.45, 2.75) is 32.6 Å². The Labute approximate surface area is 148 Å². The normalized spacial score (nSPS) is 17.8. The average molecular weight is 362 g/mol. The van der Waals surface area contributed by atoms with Gasteiger partial charge in [0.25, 0.3) is 5.69 Å². The maximum atomic E-state index is 12.2. The molecule has 0 spiro atoms. The highest BCUT2D eigenvalue weighted by Crippen LogP contribution is 2.42. The van der Waals surface area contributed by atoms with Gasteiger partial charge in [0.2, 0.25) is 0 Å². The number of fused-ring (bicyclic) bond motifs is 1. The molecule has 0 aromatic heterocycles. The predicted octanol–water partition coefficient (Wildman–Crippen LogP) is 2.79. The fourth-order valence-corrected chi connectivity index (χ4v) is 2.78. The molecule has 1 aliphatic heterocycles. The summed E-state index contributed by atoms with van der Waals surface area (Å²) < 4.78 is 9.93. The molecule has 1 atom stereocenters. The van der Waals surface area contributed by atoms with Crippen LogP contribution in [-0.4, -0.2) is 34.3 Å². The lowest BCUT2D eigenvalue weighted by Gasteiger charge is -2.27. The first-order valence-corrected chi connectivity index (χ1v) is 7.86. The molecule has 1 aliphatic rings. The first-order valence-electron chi connectivity index (χ1n) is 7.86. The second-order valence-electron chi connectivity index (χ2n) is 5.71. The zero-order chi connectivity index (χ0) is 19.4. The van der Waals surface area contributed by atoms with Gasteiger partial charge in [0, 0.05) is 29.3 Å². The van der Waals surface area contributed by atoms with Gasteiger partial charge in [-0.05, 0) is 26.3 Å². The maximum absolute atomic E-state index is 12.2. The van der Waals surface area contributed by atoms with Crippen molar-refractivity contribution >= 4 is 23.3 Å². The number of aliphatic hydroxyl groups excluding tert-OH is 1. The lowest BCUT2D eigenvalue weighted by molar-refractivity contribution is -0.385. The Kier molecular flexibility index (Phi) is 5.71. The van der Waals surface area contributed by atoms with E-state index >= 15 is 0 Å². The standard InChI is InChI=1S/C17H18N2O7/c1-3-25-15(21)7-10(18)6-13-12-8-11(19(23)24)4-5-14(12)26-17(22)16(13)9(2)20/h4-5,8,13,18,20H,3,6-7H2,1-2H3/b16-9+,18-10?. The van der Waals surface area contributed by atoms with E-state index in [4.69, 9.17) is 14.9 Å². The minimum absolute atomic E-state index is 0.0284. The minimum Gasteiger partial charge on any atom is -0.512 e. The zero-order valence-electron chi connectivity index (χ0n) is 14.3. The summed E-state index contributed by atoms with van der Waals surface area (Å²) in [5.41, 5.74) is -0.0275. The second-order valence-corrected chi connectivity index (χ2v) is 5.71. The number of ether oxygens (including phenoxy) is 2. The third kappa shape index (κ3) is 4.05. The van der Waals surface area contributed by atoms with Gasteiger partial charge in [-0.2, -0.15) is 0 Å². The number of allylic oxidation sites excluding steroid dienone is 1. The molecule has 9 nitrogen and oxygen atoms in total. The van der Waals surface area contributed by atoms with Crippen molar-refractivity contribution in [1.29, 1.82) is 5.41 Å². The number of esters is 2. The van der Waals surface area contributed by atoms with E-state index in [9.17, 15) is 24.8 Å². The molecule has 9 heteroatoms. The molecule has 0 bridgehead atoms. The van der Waals surface area contributed by atoms with Gasteiger partial charge in [0.15, 0.2) is 0 Å². The third-order valence-electron chi connectivity index (χ3n) is 3.85. The first kappa shape index (κ1) is 19.1. The van der Waals surface area contributed by atoms with Crippen molar-refractivity contribution < 1.29 is 29.1 Å². The molecule has 1 unspecified atom stereocenters. The fraction of sp³-hybridized carbons (Fsp3) is 0.353. The molecule has 0 amide bonds. The van der Waals surface area contributed by atoms with Gasteiger partial charge in [-0.1, -0.05) is 0 Å². The summed E-state index contributed by atoms with van der Waals surface area (Å²) >= 11 is 0. The lowest BCUT2D eigenvalue weighted by Crippen LogP contribution is -2.27. The van der Waals surface area contributed by atoms with Crippen LogP contribution in [0, 0.1) is 15.5 Å². The zero-order valence-corrected chi connectivity index (χ0v) is 14.3. The van der Waals surface area contributed by atoms with Crippen molar-refractivity contribution in [2.75, 3.05) is 6.61 Å². The Balaban J connectivity index is 2.42. The van der Waals surface area contributed by atoms with Crippen LogP contribution in [0.2, 0.25) is 0 Å². The summed E-state index contributed by atoms with van der Waals surface area (Å²) in [4.78, 5) is 34.2. The summed E-state index contributed by atoms with van der Waals surface area (Å²) in [6, 6.07) is 3.75. The van der Waals surface area contributed by atoms with Crippen molar-refractivity contribution in [3.8, 4) is 5.75 Å². The van der Waals surface area contributed by atoms with E-state index in [0.29, 0.717) is 5.56 Å². The van der Waals surface area contributed by atoms with E-state index in [2.05, 4.69) is 0 Å². The monoisotopic (exact) mass is 362 g/mol. The molecule has 0 radical (unpaired) electrons.